The standard InChI is InChI=1S/2C10H15.C4H10O2.Ba/c2*1-7-6-10(4,5)9(3)8(7)2;1-5-3-4-6-2;/h2*1-5H3;3-4H2,1-2H3;/q2*-1;;+2. The first-order valence-electron chi connectivity index (χ1n) is 9.39. The van der Waals surface area contributed by atoms with Gasteiger partial charge in [-0.3, -0.25) is 12.2 Å². The molecule has 0 aromatic rings. The van der Waals surface area contributed by atoms with Crippen LogP contribution >= 0.6 is 0 Å². The second-order valence-electron chi connectivity index (χ2n) is 8.24. The Bertz CT molecular complexity index is 548. The zero-order valence-corrected chi connectivity index (χ0v) is 24.4. The van der Waals surface area contributed by atoms with Crippen LogP contribution in [0.4, 0.5) is 0 Å². The van der Waals surface area contributed by atoms with Crippen LogP contribution in [0.15, 0.2) is 33.4 Å². The Kier molecular flexibility index (Phi) is 14.2. The summed E-state index contributed by atoms with van der Waals surface area (Å²) in [5, 5.41) is 0. The van der Waals surface area contributed by atoms with Crippen molar-refractivity contribution in [1.29, 1.82) is 0 Å². The molecule has 0 aliphatic heterocycles. The van der Waals surface area contributed by atoms with Gasteiger partial charge in [-0.25, -0.2) is 11.1 Å². The van der Waals surface area contributed by atoms with Crippen LogP contribution in [0.5, 0.6) is 0 Å². The fraction of sp³-hybridized carbons (Fsp3) is 0.667. The maximum Gasteiger partial charge on any atom is 2.00 e. The Morgan fingerprint density at radius 3 is 0.963 bits per heavy atom. The molecule has 0 aromatic heterocycles. The molecule has 150 valence electrons. The summed E-state index contributed by atoms with van der Waals surface area (Å²) >= 11 is 0. The Balaban J connectivity index is 0. The average Bonchev–Trinajstić information content (AvgIpc) is 2.84. The van der Waals surface area contributed by atoms with Gasteiger partial charge in [-0.2, -0.15) is 22.3 Å². The smallest absolute Gasteiger partial charge is 0.382 e. The van der Waals surface area contributed by atoms with Crippen LogP contribution in [-0.2, 0) is 9.47 Å². The van der Waals surface area contributed by atoms with Gasteiger partial charge in [0.05, 0.1) is 13.2 Å². The second-order valence-corrected chi connectivity index (χ2v) is 8.24. The molecular formula is C24H40BaO2. The summed E-state index contributed by atoms with van der Waals surface area (Å²) in [5.41, 5.74) is 8.79. The molecule has 0 fully saturated rings. The van der Waals surface area contributed by atoms with E-state index in [1.165, 1.54) is 33.4 Å². The predicted octanol–water partition coefficient (Wildman–Crippen LogP) is 6.12. The van der Waals surface area contributed by atoms with Crippen LogP contribution in [0, 0.1) is 23.0 Å². The van der Waals surface area contributed by atoms with Crippen molar-refractivity contribution in [1.82, 2.24) is 0 Å². The molecule has 0 N–H and O–H groups in total. The van der Waals surface area contributed by atoms with Crippen molar-refractivity contribution in [3.63, 3.8) is 0 Å². The number of rotatable bonds is 3. The third-order valence-electron chi connectivity index (χ3n) is 5.62. The molecule has 0 saturated heterocycles. The quantitative estimate of drug-likeness (QED) is 0.265. The van der Waals surface area contributed by atoms with Gasteiger partial charge in [0, 0.05) is 14.2 Å². The minimum Gasteiger partial charge on any atom is -0.382 e. The minimum atomic E-state index is 0. The fourth-order valence-electron chi connectivity index (χ4n) is 2.98. The summed E-state index contributed by atoms with van der Waals surface area (Å²) in [5.74, 6) is 0. The first-order chi connectivity index (χ1) is 11.8. The van der Waals surface area contributed by atoms with Gasteiger partial charge in [0.2, 0.25) is 0 Å². The molecule has 0 bridgehead atoms. The SMILES string of the molecule is CC1=[C-]C(C)(C)C(C)=C1C.CC1=[C-]C(C)(C)C(C)=C1C.COCCOC.[Ba+2]. The van der Waals surface area contributed by atoms with Crippen molar-refractivity contribution >= 4 is 48.9 Å². The first-order valence-corrected chi connectivity index (χ1v) is 9.39. The zero-order valence-electron chi connectivity index (χ0n) is 19.9. The van der Waals surface area contributed by atoms with E-state index in [9.17, 15) is 0 Å². The van der Waals surface area contributed by atoms with E-state index in [0.717, 1.165) is 0 Å². The molecule has 0 atom stereocenters. The molecule has 2 rings (SSSR count). The van der Waals surface area contributed by atoms with E-state index in [-0.39, 0.29) is 59.7 Å². The van der Waals surface area contributed by atoms with E-state index in [2.05, 4.69) is 90.9 Å². The molecule has 0 unspecified atom stereocenters. The molecule has 2 aliphatic carbocycles. The van der Waals surface area contributed by atoms with Crippen molar-refractivity contribution < 1.29 is 9.47 Å². The number of hydrogen-bond donors (Lipinski definition) is 0. The Hall–Kier alpha value is 0.451. The molecular weight excluding hydrogens is 458 g/mol. The number of methoxy groups -OCH3 is 2. The molecule has 0 radical (unpaired) electrons. The van der Waals surface area contributed by atoms with Crippen LogP contribution in [0.3, 0.4) is 0 Å². The second kappa shape index (κ2) is 12.9. The summed E-state index contributed by atoms with van der Waals surface area (Å²) in [4.78, 5) is 0. The molecule has 0 aromatic carbocycles. The maximum atomic E-state index is 4.66. The normalized spacial score (nSPS) is 19.4. The Morgan fingerprint density at radius 1 is 0.630 bits per heavy atom. The topological polar surface area (TPSA) is 18.5 Å². The summed E-state index contributed by atoms with van der Waals surface area (Å²) < 4.78 is 9.31. The molecule has 0 amide bonds. The molecule has 0 saturated carbocycles. The fourth-order valence-corrected chi connectivity index (χ4v) is 2.98. The number of hydrogen-bond acceptors (Lipinski definition) is 2. The average molecular weight is 498 g/mol. The molecule has 27 heavy (non-hydrogen) atoms. The third kappa shape index (κ3) is 9.20. The third-order valence-corrected chi connectivity index (χ3v) is 5.62. The van der Waals surface area contributed by atoms with Gasteiger partial charge >= 0.3 is 48.9 Å². The van der Waals surface area contributed by atoms with Crippen molar-refractivity contribution in [2.24, 2.45) is 10.8 Å². The molecule has 2 nitrogen and oxygen atoms in total. The van der Waals surface area contributed by atoms with Crippen molar-refractivity contribution in [3.05, 3.63) is 45.6 Å². The van der Waals surface area contributed by atoms with Gasteiger partial charge in [-0.1, -0.05) is 66.2 Å². The van der Waals surface area contributed by atoms with Gasteiger partial charge in [0.1, 0.15) is 0 Å². The van der Waals surface area contributed by atoms with Gasteiger partial charge < -0.3 is 9.47 Å². The van der Waals surface area contributed by atoms with Crippen molar-refractivity contribution in [2.45, 2.75) is 69.2 Å². The van der Waals surface area contributed by atoms with E-state index >= 15 is 0 Å². The molecule has 3 heteroatoms. The van der Waals surface area contributed by atoms with E-state index in [0.29, 0.717) is 13.2 Å². The van der Waals surface area contributed by atoms with E-state index < -0.39 is 0 Å². The van der Waals surface area contributed by atoms with Gasteiger partial charge in [-0.15, -0.1) is 13.8 Å². The van der Waals surface area contributed by atoms with Crippen LogP contribution in [0.1, 0.15) is 69.2 Å². The zero-order chi connectivity index (χ0) is 20.7. The molecule has 2 aliphatic rings. The van der Waals surface area contributed by atoms with E-state index in [1.807, 2.05) is 0 Å². The van der Waals surface area contributed by atoms with Gasteiger partial charge in [0.15, 0.2) is 0 Å². The maximum absolute atomic E-state index is 4.66. The van der Waals surface area contributed by atoms with Gasteiger partial charge in [0.25, 0.3) is 0 Å². The number of ether oxygens (including phenoxy) is 2. The molecule has 0 heterocycles. The van der Waals surface area contributed by atoms with E-state index in [4.69, 9.17) is 0 Å². The van der Waals surface area contributed by atoms with Crippen LogP contribution < -0.4 is 0 Å². The van der Waals surface area contributed by atoms with Crippen molar-refractivity contribution in [3.8, 4) is 0 Å². The summed E-state index contributed by atoms with van der Waals surface area (Å²) in [6, 6.07) is 0. The minimum absolute atomic E-state index is 0. The van der Waals surface area contributed by atoms with Crippen LogP contribution in [0.25, 0.3) is 0 Å². The largest absolute Gasteiger partial charge is 2.00 e. The number of allylic oxidation sites excluding steroid dienone is 8. The van der Waals surface area contributed by atoms with E-state index in [1.54, 1.807) is 14.2 Å². The Labute approximate surface area is 209 Å². The Morgan fingerprint density at radius 2 is 0.889 bits per heavy atom. The summed E-state index contributed by atoms with van der Waals surface area (Å²) in [6.07, 6.45) is 6.87. The predicted molar refractivity (Wildman–Crippen MR) is 119 cm³/mol. The first kappa shape index (κ1) is 29.7. The van der Waals surface area contributed by atoms with Crippen LogP contribution in [0.2, 0.25) is 0 Å². The van der Waals surface area contributed by atoms with Crippen molar-refractivity contribution in [2.75, 3.05) is 27.4 Å². The monoisotopic (exact) mass is 498 g/mol. The van der Waals surface area contributed by atoms with Crippen LogP contribution in [-0.4, -0.2) is 76.3 Å². The summed E-state index contributed by atoms with van der Waals surface area (Å²) in [7, 11) is 3.30. The van der Waals surface area contributed by atoms with Gasteiger partial charge in [-0.05, 0) is 0 Å². The summed E-state index contributed by atoms with van der Waals surface area (Å²) in [6.45, 7) is 23.2. The molecule has 0 spiro atoms.